The first-order valence-corrected chi connectivity index (χ1v) is 11.6. The lowest BCUT2D eigenvalue weighted by atomic mass is 10.3. The highest BCUT2D eigenvalue weighted by Gasteiger charge is 2.36. The zero-order chi connectivity index (χ0) is 25.9. The first-order chi connectivity index (χ1) is 14.7. The molecule has 0 aromatic heterocycles. The molecule has 32 heavy (non-hydrogen) atoms. The topological polar surface area (TPSA) is 141 Å². The van der Waals surface area contributed by atoms with Gasteiger partial charge in [-0.25, -0.2) is 9.59 Å². The van der Waals surface area contributed by atoms with E-state index in [1.807, 2.05) is 0 Å². The van der Waals surface area contributed by atoms with Gasteiger partial charge in [0.05, 0.1) is 12.6 Å². The zero-order valence-electron chi connectivity index (χ0n) is 20.1. The minimum absolute atomic E-state index is 0.0648. The Bertz CT molecular complexity index is 606. The average Bonchev–Trinajstić information content (AvgIpc) is 2.74. The Morgan fingerprint density at radius 2 is 1.31 bits per heavy atom. The molecule has 11 heteroatoms. The molecule has 0 heterocycles. The molecule has 0 aromatic rings. The minimum atomic E-state index is -2.53. The van der Waals surface area contributed by atoms with Crippen LogP contribution in [0.15, 0.2) is 36.5 Å². The summed E-state index contributed by atoms with van der Waals surface area (Å²) in [6.45, 7) is 16.5. The van der Waals surface area contributed by atoms with E-state index in [0.717, 1.165) is 0 Å². The van der Waals surface area contributed by atoms with Crippen molar-refractivity contribution in [3.63, 3.8) is 0 Å². The fraction of sp³-hybridized carbons (Fsp3) is 0.571. The Labute approximate surface area is 191 Å². The molecule has 0 aliphatic carbocycles. The summed E-state index contributed by atoms with van der Waals surface area (Å²) in [6.07, 6.45) is 0.0453. The van der Waals surface area contributed by atoms with E-state index >= 15 is 0 Å². The standard InChI is InChI=1S/C10H20O5Si.C7H12O3.C4H6O2/c1-9(2)10(11)15-7-6-8-16(12-3,13-4)14-5;1-4-6(8)10-7(9)5(2)3;1-3(2)4(5)6/h1,6-8H2,2-5H3;6,8H,2,4H2,1,3H3;1H2,2H3,(H,5,6)/p-1. The van der Waals surface area contributed by atoms with Gasteiger partial charge in [0.1, 0.15) is 0 Å². The van der Waals surface area contributed by atoms with Crippen LogP contribution >= 0.6 is 0 Å². The molecule has 0 amide bonds. The van der Waals surface area contributed by atoms with Crippen molar-refractivity contribution >= 4 is 26.7 Å². The van der Waals surface area contributed by atoms with E-state index in [1.165, 1.54) is 13.8 Å². The largest absolute Gasteiger partial charge is 0.545 e. The van der Waals surface area contributed by atoms with E-state index < -0.39 is 27.0 Å². The maximum Gasteiger partial charge on any atom is 0.500 e. The highest BCUT2D eigenvalue weighted by molar-refractivity contribution is 6.60. The Balaban J connectivity index is -0.000000446. The molecule has 0 rings (SSSR count). The third-order valence-electron chi connectivity index (χ3n) is 3.43. The van der Waals surface area contributed by atoms with E-state index in [-0.39, 0.29) is 11.5 Å². The van der Waals surface area contributed by atoms with Gasteiger partial charge in [-0.15, -0.1) is 0 Å². The molecular weight excluding hydrogens is 440 g/mol. The molecule has 10 nitrogen and oxygen atoms in total. The van der Waals surface area contributed by atoms with Gasteiger partial charge in [0.2, 0.25) is 6.29 Å². The van der Waals surface area contributed by atoms with Crippen molar-refractivity contribution in [1.82, 2.24) is 0 Å². The second-order valence-electron chi connectivity index (χ2n) is 6.43. The Morgan fingerprint density at radius 3 is 1.59 bits per heavy atom. The van der Waals surface area contributed by atoms with Gasteiger partial charge in [-0.1, -0.05) is 26.7 Å². The summed E-state index contributed by atoms with van der Waals surface area (Å²) < 4.78 is 25.1. The molecule has 1 N–H and O–H groups in total. The lowest BCUT2D eigenvalue weighted by Gasteiger charge is -2.24. The third-order valence-corrected chi connectivity index (χ3v) is 6.26. The number of rotatable bonds is 12. The molecule has 0 aliphatic rings. The molecular formula is C21H37O10Si-. The van der Waals surface area contributed by atoms with Gasteiger partial charge >= 0.3 is 20.7 Å². The van der Waals surface area contributed by atoms with Gasteiger partial charge in [0.25, 0.3) is 0 Å². The van der Waals surface area contributed by atoms with Crippen LogP contribution in [0.3, 0.4) is 0 Å². The van der Waals surface area contributed by atoms with Crippen LogP contribution in [0, 0.1) is 0 Å². The predicted octanol–water partition coefficient (Wildman–Crippen LogP) is 1.52. The average molecular weight is 478 g/mol. The number of aliphatic hydroxyl groups is 1. The van der Waals surface area contributed by atoms with E-state index in [0.29, 0.717) is 36.6 Å². The molecule has 0 saturated carbocycles. The van der Waals surface area contributed by atoms with Crippen molar-refractivity contribution in [2.75, 3.05) is 27.9 Å². The number of hydrogen-bond acceptors (Lipinski definition) is 10. The SMILES string of the molecule is C=C(C)C(=O)OC(O)CC.C=C(C)C(=O)OCCC[Si](OC)(OC)OC.C=C(C)C(=O)[O-]. The van der Waals surface area contributed by atoms with Gasteiger partial charge in [-0.3, -0.25) is 0 Å². The maximum absolute atomic E-state index is 11.1. The molecule has 0 radical (unpaired) electrons. The lowest BCUT2D eigenvalue weighted by Crippen LogP contribution is -2.42. The summed E-state index contributed by atoms with van der Waals surface area (Å²) >= 11 is 0. The lowest BCUT2D eigenvalue weighted by molar-refractivity contribution is -0.299. The monoisotopic (exact) mass is 477 g/mol. The molecule has 0 spiro atoms. The number of esters is 2. The Hall–Kier alpha value is -2.31. The molecule has 0 aliphatic heterocycles. The van der Waals surface area contributed by atoms with Gasteiger partial charge in [-0.05, 0) is 32.8 Å². The summed E-state index contributed by atoms with van der Waals surface area (Å²) in [5.74, 6) is -2.11. The van der Waals surface area contributed by atoms with Crippen LogP contribution in [-0.4, -0.2) is 66.0 Å². The number of carbonyl (C=O) groups is 3. The van der Waals surface area contributed by atoms with E-state index in [4.69, 9.17) is 23.1 Å². The summed E-state index contributed by atoms with van der Waals surface area (Å²) in [7, 11) is 2.13. The Kier molecular flexibility index (Phi) is 20.8. The molecule has 0 saturated heterocycles. The highest BCUT2D eigenvalue weighted by Crippen LogP contribution is 2.14. The van der Waals surface area contributed by atoms with Crippen LogP contribution in [0.25, 0.3) is 0 Å². The number of ether oxygens (including phenoxy) is 2. The van der Waals surface area contributed by atoms with Crippen molar-refractivity contribution in [2.24, 2.45) is 0 Å². The number of aliphatic carboxylic acids is 1. The normalized spacial score (nSPS) is 10.9. The number of carbonyl (C=O) groups excluding carboxylic acids is 3. The van der Waals surface area contributed by atoms with Gasteiger partial charge in [0, 0.05) is 44.9 Å². The number of aliphatic hydroxyl groups excluding tert-OH is 1. The maximum atomic E-state index is 11.1. The number of carboxylic acid groups (broad SMARTS) is 1. The highest BCUT2D eigenvalue weighted by atomic mass is 28.4. The minimum Gasteiger partial charge on any atom is -0.545 e. The van der Waals surface area contributed by atoms with E-state index in [2.05, 4.69) is 24.5 Å². The van der Waals surface area contributed by atoms with Gasteiger partial charge < -0.3 is 37.8 Å². The smallest absolute Gasteiger partial charge is 0.500 e. The van der Waals surface area contributed by atoms with Crippen molar-refractivity contribution in [2.45, 2.75) is 52.9 Å². The molecule has 0 fully saturated rings. The molecule has 186 valence electrons. The van der Waals surface area contributed by atoms with Gasteiger partial charge in [0.15, 0.2) is 0 Å². The Morgan fingerprint density at radius 1 is 0.906 bits per heavy atom. The second kappa shape index (κ2) is 19.4. The third kappa shape index (κ3) is 18.5. The summed E-state index contributed by atoms with van der Waals surface area (Å²) in [5.41, 5.74) is 0.760. The number of carboxylic acids is 1. The summed E-state index contributed by atoms with van der Waals surface area (Å²) in [6, 6.07) is 0.611. The fourth-order valence-corrected chi connectivity index (χ4v) is 3.13. The van der Waals surface area contributed by atoms with Crippen LogP contribution in [-0.2, 0) is 37.1 Å². The molecule has 0 aromatic carbocycles. The van der Waals surface area contributed by atoms with Crippen LogP contribution in [0.1, 0.15) is 40.5 Å². The van der Waals surface area contributed by atoms with Crippen LogP contribution < -0.4 is 5.11 Å². The molecule has 1 unspecified atom stereocenters. The van der Waals surface area contributed by atoms with Crippen molar-refractivity contribution < 1.29 is 47.3 Å². The molecule has 0 bridgehead atoms. The van der Waals surface area contributed by atoms with E-state index in [1.54, 1.807) is 35.2 Å². The predicted molar refractivity (Wildman–Crippen MR) is 119 cm³/mol. The zero-order valence-corrected chi connectivity index (χ0v) is 21.1. The van der Waals surface area contributed by atoms with Crippen LogP contribution in [0.5, 0.6) is 0 Å². The van der Waals surface area contributed by atoms with Crippen LogP contribution in [0.4, 0.5) is 0 Å². The second-order valence-corrected chi connectivity index (χ2v) is 9.52. The van der Waals surface area contributed by atoms with Gasteiger partial charge in [-0.2, -0.15) is 0 Å². The first kappa shape index (κ1) is 34.3. The molecule has 1 atom stereocenters. The summed E-state index contributed by atoms with van der Waals surface area (Å²) in [4.78, 5) is 31.2. The summed E-state index contributed by atoms with van der Waals surface area (Å²) in [5, 5.41) is 18.3. The first-order valence-electron chi connectivity index (χ1n) is 9.62. The van der Waals surface area contributed by atoms with Crippen molar-refractivity contribution in [3.05, 3.63) is 36.5 Å². The van der Waals surface area contributed by atoms with Crippen molar-refractivity contribution in [1.29, 1.82) is 0 Å². The number of hydrogen-bond donors (Lipinski definition) is 1. The fourth-order valence-electron chi connectivity index (χ4n) is 1.44. The van der Waals surface area contributed by atoms with Crippen LogP contribution in [0.2, 0.25) is 6.04 Å². The quantitative estimate of drug-likeness (QED) is 0.145. The van der Waals surface area contributed by atoms with E-state index in [9.17, 15) is 19.5 Å². The van der Waals surface area contributed by atoms with Crippen molar-refractivity contribution in [3.8, 4) is 0 Å².